The molecule has 0 aliphatic carbocycles. The number of benzene rings is 1. The van der Waals surface area contributed by atoms with E-state index in [2.05, 4.69) is 22.0 Å². The molecule has 1 saturated heterocycles. The van der Waals surface area contributed by atoms with E-state index in [0.29, 0.717) is 6.42 Å². The van der Waals surface area contributed by atoms with E-state index in [-0.39, 0.29) is 5.91 Å². The summed E-state index contributed by atoms with van der Waals surface area (Å²) in [6, 6.07) is 7.95. The summed E-state index contributed by atoms with van der Waals surface area (Å²) in [5, 5.41) is 3.02. The number of hydrogen-bond acceptors (Lipinski definition) is 4. The number of piperazine rings is 1. The van der Waals surface area contributed by atoms with Gasteiger partial charge in [0.2, 0.25) is 5.91 Å². The Balaban J connectivity index is 1.75. The number of anilines is 1. The van der Waals surface area contributed by atoms with E-state index >= 15 is 0 Å². The largest absolute Gasteiger partial charge is 0.325 e. The first kappa shape index (κ1) is 16.3. The Morgan fingerprint density at radius 2 is 1.86 bits per heavy atom. The van der Waals surface area contributed by atoms with E-state index in [1.165, 1.54) is 0 Å². The highest BCUT2D eigenvalue weighted by atomic mass is 32.2. The first-order valence-corrected chi connectivity index (χ1v) is 8.83. The van der Waals surface area contributed by atoms with Gasteiger partial charge in [0, 0.05) is 44.0 Å². The molecule has 0 radical (unpaired) electrons. The topological polar surface area (TPSA) is 35.6 Å². The summed E-state index contributed by atoms with van der Waals surface area (Å²) in [5.74, 6) is 0.106. The lowest BCUT2D eigenvalue weighted by Crippen LogP contribution is -2.46. The zero-order chi connectivity index (χ0) is 15.1. The van der Waals surface area contributed by atoms with E-state index in [9.17, 15) is 4.79 Å². The van der Waals surface area contributed by atoms with Crippen LogP contribution in [-0.4, -0.2) is 61.2 Å². The van der Waals surface area contributed by atoms with Gasteiger partial charge in [-0.15, -0.1) is 11.8 Å². The molecule has 1 N–H and O–H groups in total. The molecule has 116 valence electrons. The number of carbonyl (C=O) groups excluding carboxylic acids is 1. The predicted octanol–water partition coefficient (Wildman–Crippen LogP) is 2.37. The van der Waals surface area contributed by atoms with Gasteiger partial charge in [0.15, 0.2) is 0 Å². The van der Waals surface area contributed by atoms with Gasteiger partial charge in [0.1, 0.15) is 0 Å². The summed E-state index contributed by atoms with van der Waals surface area (Å²) in [7, 11) is 0. The van der Waals surface area contributed by atoms with Crippen LogP contribution in [-0.2, 0) is 4.79 Å². The average Bonchev–Trinajstić information content (AvgIpc) is 2.54. The number of para-hydroxylation sites is 1. The number of carbonyl (C=O) groups is 1. The zero-order valence-electron chi connectivity index (χ0n) is 13.0. The van der Waals surface area contributed by atoms with Crippen molar-refractivity contribution in [2.75, 3.05) is 50.8 Å². The van der Waals surface area contributed by atoms with Crippen LogP contribution in [0.15, 0.2) is 29.2 Å². The van der Waals surface area contributed by atoms with Crippen molar-refractivity contribution in [1.29, 1.82) is 0 Å². The minimum absolute atomic E-state index is 0.106. The standard InChI is InChI=1S/C16H25N3OS/c1-3-18-10-12-19(13-11-18)9-8-16(20)17-14-6-4-5-7-15(14)21-2/h4-7H,3,8-13H2,1-2H3,(H,17,20). The Labute approximate surface area is 131 Å². The van der Waals surface area contributed by atoms with Crippen molar-refractivity contribution >= 4 is 23.4 Å². The molecule has 0 aromatic heterocycles. The van der Waals surface area contributed by atoms with Gasteiger partial charge in [-0.25, -0.2) is 0 Å². The average molecular weight is 307 g/mol. The lowest BCUT2D eigenvalue weighted by molar-refractivity contribution is -0.116. The molecule has 1 amide bonds. The summed E-state index contributed by atoms with van der Waals surface area (Å²) < 4.78 is 0. The molecule has 5 heteroatoms. The van der Waals surface area contributed by atoms with Crippen molar-refractivity contribution in [1.82, 2.24) is 9.80 Å². The second-order valence-corrected chi connectivity index (χ2v) is 6.12. The van der Waals surface area contributed by atoms with Gasteiger partial charge >= 0.3 is 0 Å². The first-order valence-electron chi connectivity index (χ1n) is 7.60. The van der Waals surface area contributed by atoms with Gasteiger partial charge < -0.3 is 15.1 Å². The lowest BCUT2D eigenvalue weighted by atomic mass is 10.2. The second-order valence-electron chi connectivity index (χ2n) is 5.27. The molecule has 0 saturated carbocycles. The summed E-state index contributed by atoms with van der Waals surface area (Å²) in [6.07, 6.45) is 2.59. The van der Waals surface area contributed by atoms with Crippen molar-refractivity contribution in [3.05, 3.63) is 24.3 Å². The highest BCUT2D eigenvalue weighted by molar-refractivity contribution is 7.98. The second kappa shape index (κ2) is 8.41. The molecule has 0 atom stereocenters. The van der Waals surface area contributed by atoms with Gasteiger partial charge in [0.25, 0.3) is 0 Å². The molecule has 1 heterocycles. The van der Waals surface area contributed by atoms with Crippen LogP contribution >= 0.6 is 11.8 Å². The molecule has 1 aliphatic rings. The van der Waals surface area contributed by atoms with Crippen LogP contribution in [0.3, 0.4) is 0 Å². The molecule has 1 fully saturated rings. The van der Waals surface area contributed by atoms with Crippen molar-refractivity contribution in [3.8, 4) is 0 Å². The molecule has 2 rings (SSSR count). The highest BCUT2D eigenvalue weighted by Gasteiger charge is 2.16. The van der Waals surface area contributed by atoms with Crippen molar-refractivity contribution in [3.63, 3.8) is 0 Å². The maximum Gasteiger partial charge on any atom is 0.225 e. The first-order chi connectivity index (χ1) is 10.2. The lowest BCUT2D eigenvalue weighted by Gasteiger charge is -2.33. The van der Waals surface area contributed by atoms with Crippen LogP contribution in [0.25, 0.3) is 0 Å². The number of nitrogens with one attached hydrogen (secondary N) is 1. The van der Waals surface area contributed by atoms with E-state index in [4.69, 9.17) is 0 Å². The van der Waals surface area contributed by atoms with E-state index in [1.807, 2.05) is 30.5 Å². The van der Waals surface area contributed by atoms with Gasteiger partial charge in [-0.05, 0) is 24.9 Å². The monoisotopic (exact) mass is 307 g/mol. The van der Waals surface area contributed by atoms with E-state index in [1.54, 1.807) is 11.8 Å². The van der Waals surface area contributed by atoms with Gasteiger partial charge in [0.05, 0.1) is 5.69 Å². The SMILES string of the molecule is CCN1CCN(CCC(=O)Nc2ccccc2SC)CC1. The molecule has 21 heavy (non-hydrogen) atoms. The Kier molecular flexibility index (Phi) is 6.54. The smallest absolute Gasteiger partial charge is 0.225 e. The fourth-order valence-electron chi connectivity index (χ4n) is 2.55. The Hall–Kier alpha value is -1.04. The minimum atomic E-state index is 0.106. The van der Waals surface area contributed by atoms with Gasteiger partial charge in [-0.3, -0.25) is 4.79 Å². The number of hydrogen-bond donors (Lipinski definition) is 1. The molecule has 0 bridgehead atoms. The van der Waals surface area contributed by atoms with Crippen LogP contribution in [0.5, 0.6) is 0 Å². The maximum absolute atomic E-state index is 12.1. The summed E-state index contributed by atoms with van der Waals surface area (Å²) >= 11 is 1.66. The normalized spacial score (nSPS) is 16.9. The molecule has 4 nitrogen and oxygen atoms in total. The molecular weight excluding hydrogens is 282 g/mol. The van der Waals surface area contributed by atoms with Crippen molar-refractivity contribution in [2.45, 2.75) is 18.2 Å². The third-order valence-corrected chi connectivity index (χ3v) is 4.74. The van der Waals surface area contributed by atoms with Crippen LogP contribution in [0.2, 0.25) is 0 Å². The van der Waals surface area contributed by atoms with Crippen LogP contribution in [0.1, 0.15) is 13.3 Å². The highest BCUT2D eigenvalue weighted by Crippen LogP contribution is 2.24. The maximum atomic E-state index is 12.1. The van der Waals surface area contributed by atoms with Crippen LogP contribution < -0.4 is 5.32 Å². The van der Waals surface area contributed by atoms with Crippen molar-refractivity contribution in [2.24, 2.45) is 0 Å². The molecular formula is C16H25N3OS. The Morgan fingerprint density at radius 1 is 1.19 bits per heavy atom. The Morgan fingerprint density at radius 3 is 2.52 bits per heavy atom. The molecule has 0 unspecified atom stereocenters. The fourth-order valence-corrected chi connectivity index (χ4v) is 3.10. The van der Waals surface area contributed by atoms with Crippen LogP contribution in [0.4, 0.5) is 5.69 Å². The molecule has 1 aromatic carbocycles. The number of amides is 1. The Bertz CT molecular complexity index is 459. The fraction of sp³-hybridized carbons (Fsp3) is 0.562. The summed E-state index contributed by atoms with van der Waals surface area (Å²) in [4.78, 5) is 18.0. The third-order valence-electron chi connectivity index (χ3n) is 3.95. The minimum Gasteiger partial charge on any atom is -0.325 e. The number of nitrogens with zero attached hydrogens (tertiary/aromatic N) is 2. The van der Waals surface area contributed by atoms with Gasteiger partial charge in [-0.2, -0.15) is 0 Å². The number of rotatable bonds is 6. The quantitative estimate of drug-likeness (QED) is 0.819. The molecule has 1 aliphatic heterocycles. The van der Waals surface area contributed by atoms with Crippen LogP contribution in [0, 0.1) is 0 Å². The van der Waals surface area contributed by atoms with E-state index in [0.717, 1.165) is 49.9 Å². The molecule has 1 aromatic rings. The van der Waals surface area contributed by atoms with E-state index < -0.39 is 0 Å². The predicted molar refractivity (Wildman–Crippen MR) is 90.0 cm³/mol. The zero-order valence-corrected chi connectivity index (χ0v) is 13.8. The summed E-state index contributed by atoms with van der Waals surface area (Å²) in [5.41, 5.74) is 0.922. The number of thioether (sulfide) groups is 1. The summed E-state index contributed by atoms with van der Waals surface area (Å²) in [6.45, 7) is 8.56. The number of likely N-dealkylation sites (N-methyl/N-ethyl adjacent to an activating group) is 1. The van der Waals surface area contributed by atoms with Crippen molar-refractivity contribution < 1.29 is 4.79 Å². The van der Waals surface area contributed by atoms with Gasteiger partial charge in [-0.1, -0.05) is 19.1 Å². The third kappa shape index (κ3) is 5.02. The molecule has 0 spiro atoms.